The number of hydrogen-bond donors (Lipinski definition) is 0. The number of benzene rings is 2. The molecule has 36 heavy (non-hydrogen) atoms. The van der Waals surface area contributed by atoms with Crippen LogP contribution in [0.4, 0.5) is 0 Å². The van der Waals surface area contributed by atoms with Crippen molar-refractivity contribution in [3.8, 4) is 16.9 Å². The second-order valence-electron chi connectivity index (χ2n) is 7.90. The Kier molecular flexibility index (Phi) is 10.2. The molecule has 3 aromatic rings. The van der Waals surface area contributed by atoms with Gasteiger partial charge in [-0.3, -0.25) is 9.36 Å². The van der Waals surface area contributed by atoms with E-state index in [-0.39, 0.29) is 41.0 Å². The summed E-state index contributed by atoms with van der Waals surface area (Å²) in [5, 5.41) is 0.246. The van der Waals surface area contributed by atoms with Crippen LogP contribution >= 0.6 is 11.6 Å². The lowest BCUT2D eigenvalue weighted by Gasteiger charge is -2.16. The summed E-state index contributed by atoms with van der Waals surface area (Å²) in [4.78, 5) is 17.8. The molecule has 0 amide bonds. The summed E-state index contributed by atoms with van der Waals surface area (Å²) in [5.74, 6) is 0.0684. The molecule has 2 aromatic carbocycles. The summed E-state index contributed by atoms with van der Waals surface area (Å²) >= 11 is 6.79. The molecular weight excluding hydrogens is 512 g/mol. The van der Waals surface area contributed by atoms with E-state index in [0.29, 0.717) is 43.1 Å². The van der Waals surface area contributed by atoms with Gasteiger partial charge in [0, 0.05) is 26.0 Å². The van der Waals surface area contributed by atoms with Gasteiger partial charge in [0.2, 0.25) is 0 Å². The molecule has 0 N–H and O–H groups in total. The van der Waals surface area contributed by atoms with Crippen LogP contribution < -0.4 is 10.3 Å². The number of fused-ring (bicyclic) bond motifs is 1. The summed E-state index contributed by atoms with van der Waals surface area (Å²) in [6.07, 6.45) is 2.51. The number of sulfone groups is 1. The van der Waals surface area contributed by atoms with Crippen molar-refractivity contribution in [1.82, 2.24) is 9.55 Å². The van der Waals surface area contributed by atoms with Gasteiger partial charge in [-0.2, -0.15) is 0 Å². The fourth-order valence-electron chi connectivity index (χ4n) is 3.47. The molecule has 1 heterocycles. The van der Waals surface area contributed by atoms with E-state index in [0.717, 1.165) is 6.26 Å². The molecule has 3 rings (SSSR count). The topological polar surface area (TPSA) is 115 Å². The SMILES string of the molecule is COCCOCOc1cc(-c2ccccc2CS(C)(=O)=O)c(Cl)c2c(=O)n(COCCOC)cnc12. The zero-order chi connectivity index (χ0) is 26.1. The second-order valence-corrected chi connectivity index (χ2v) is 10.4. The highest BCUT2D eigenvalue weighted by Crippen LogP contribution is 2.39. The Morgan fingerprint density at radius 1 is 1.00 bits per heavy atom. The van der Waals surface area contributed by atoms with Gasteiger partial charge in [-0.1, -0.05) is 35.9 Å². The Bertz CT molecular complexity index is 1340. The van der Waals surface area contributed by atoms with Crippen molar-refractivity contribution in [2.24, 2.45) is 0 Å². The lowest BCUT2D eigenvalue weighted by atomic mass is 9.98. The molecule has 12 heteroatoms. The normalized spacial score (nSPS) is 11.8. The maximum absolute atomic E-state index is 13.4. The standard InChI is InChI=1S/C24H29ClN2O8S/c1-31-8-10-33-15-27-14-26-23-20(35-16-34-11-9-32-2)12-19(22(25)21(23)24(27)28)18-7-5-4-6-17(18)13-36(3,29)30/h4-7,12,14H,8-11,13,15-16H2,1-3H3. The number of nitrogens with zero attached hydrogens (tertiary/aromatic N) is 2. The number of methoxy groups -OCH3 is 2. The lowest BCUT2D eigenvalue weighted by Crippen LogP contribution is -2.23. The first-order valence-electron chi connectivity index (χ1n) is 11.0. The first kappa shape index (κ1) is 28.0. The predicted octanol–water partition coefficient (Wildman–Crippen LogP) is 2.88. The van der Waals surface area contributed by atoms with Gasteiger partial charge in [0.1, 0.15) is 24.3 Å². The summed E-state index contributed by atoms with van der Waals surface area (Å²) in [7, 11) is -0.225. The van der Waals surface area contributed by atoms with E-state index < -0.39 is 15.4 Å². The van der Waals surface area contributed by atoms with Crippen molar-refractivity contribution in [3.05, 3.63) is 57.6 Å². The molecule has 0 radical (unpaired) electrons. The third-order valence-electron chi connectivity index (χ3n) is 5.12. The molecule has 0 unspecified atom stereocenters. The summed E-state index contributed by atoms with van der Waals surface area (Å²) in [6.45, 7) is 1.20. The van der Waals surface area contributed by atoms with E-state index in [4.69, 9.17) is 35.3 Å². The van der Waals surface area contributed by atoms with Gasteiger partial charge >= 0.3 is 0 Å². The van der Waals surface area contributed by atoms with E-state index in [1.54, 1.807) is 44.6 Å². The predicted molar refractivity (Wildman–Crippen MR) is 136 cm³/mol. The molecule has 0 aliphatic carbocycles. The van der Waals surface area contributed by atoms with Gasteiger partial charge in [-0.15, -0.1) is 0 Å². The van der Waals surface area contributed by atoms with Crippen molar-refractivity contribution < 1.29 is 32.1 Å². The monoisotopic (exact) mass is 540 g/mol. The molecule has 196 valence electrons. The fourth-order valence-corrected chi connectivity index (χ4v) is 4.62. The van der Waals surface area contributed by atoms with Crippen LogP contribution in [0, 0.1) is 0 Å². The molecule has 1 aromatic heterocycles. The van der Waals surface area contributed by atoms with Crippen molar-refractivity contribution in [2.75, 3.05) is 53.7 Å². The van der Waals surface area contributed by atoms with Crippen molar-refractivity contribution in [3.63, 3.8) is 0 Å². The van der Waals surface area contributed by atoms with Crippen molar-refractivity contribution in [1.29, 1.82) is 0 Å². The number of ether oxygens (including phenoxy) is 5. The Morgan fingerprint density at radius 3 is 2.39 bits per heavy atom. The maximum Gasteiger partial charge on any atom is 0.264 e. The zero-order valence-corrected chi connectivity index (χ0v) is 21.9. The molecule has 10 nitrogen and oxygen atoms in total. The van der Waals surface area contributed by atoms with E-state index in [1.165, 1.54) is 10.9 Å². The number of aromatic nitrogens is 2. The summed E-state index contributed by atoms with van der Waals surface area (Å²) < 4.78 is 52.0. The zero-order valence-electron chi connectivity index (χ0n) is 20.4. The van der Waals surface area contributed by atoms with Gasteiger partial charge < -0.3 is 23.7 Å². The lowest BCUT2D eigenvalue weighted by molar-refractivity contribution is -0.00788. The van der Waals surface area contributed by atoms with Crippen LogP contribution in [-0.2, 0) is 41.3 Å². The Hall–Kier alpha value is -2.54. The first-order valence-corrected chi connectivity index (χ1v) is 13.4. The summed E-state index contributed by atoms with van der Waals surface area (Å²) in [6, 6.07) is 8.59. The van der Waals surface area contributed by atoms with E-state index in [9.17, 15) is 13.2 Å². The van der Waals surface area contributed by atoms with E-state index in [1.807, 2.05) is 0 Å². The van der Waals surface area contributed by atoms with Crippen LogP contribution in [0.2, 0.25) is 5.02 Å². The average molecular weight is 541 g/mol. The average Bonchev–Trinajstić information content (AvgIpc) is 2.83. The summed E-state index contributed by atoms with van der Waals surface area (Å²) in [5.41, 5.74) is 1.35. The third-order valence-corrected chi connectivity index (χ3v) is 6.35. The minimum Gasteiger partial charge on any atom is -0.465 e. The van der Waals surface area contributed by atoms with Crippen LogP contribution in [0.5, 0.6) is 5.75 Å². The number of halogens is 1. The molecule has 0 spiro atoms. The van der Waals surface area contributed by atoms with E-state index >= 15 is 0 Å². The molecule has 0 aliphatic rings. The Balaban J connectivity index is 2.13. The van der Waals surface area contributed by atoms with Crippen LogP contribution in [0.3, 0.4) is 0 Å². The van der Waals surface area contributed by atoms with Gasteiger partial charge in [0.25, 0.3) is 5.56 Å². The van der Waals surface area contributed by atoms with Crippen LogP contribution in [0.1, 0.15) is 5.56 Å². The molecular formula is C24H29ClN2O8S. The second kappa shape index (κ2) is 13.1. The number of rotatable bonds is 14. The van der Waals surface area contributed by atoms with Crippen LogP contribution in [0.15, 0.2) is 41.5 Å². The smallest absolute Gasteiger partial charge is 0.264 e. The van der Waals surface area contributed by atoms with Crippen LogP contribution in [-0.4, -0.2) is 71.7 Å². The van der Waals surface area contributed by atoms with Crippen LogP contribution in [0.25, 0.3) is 22.0 Å². The molecule has 0 saturated heterocycles. The van der Waals surface area contributed by atoms with Gasteiger partial charge in [0.15, 0.2) is 16.6 Å². The minimum atomic E-state index is -3.34. The fraction of sp³-hybridized carbons (Fsp3) is 0.417. The highest BCUT2D eigenvalue weighted by molar-refractivity contribution is 7.89. The van der Waals surface area contributed by atoms with Crippen molar-refractivity contribution in [2.45, 2.75) is 12.5 Å². The van der Waals surface area contributed by atoms with Crippen molar-refractivity contribution >= 4 is 32.3 Å². The highest BCUT2D eigenvalue weighted by Gasteiger charge is 2.21. The third kappa shape index (κ3) is 7.25. The Morgan fingerprint density at radius 2 is 1.69 bits per heavy atom. The van der Waals surface area contributed by atoms with Gasteiger partial charge in [0.05, 0.1) is 42.6 Å². The van der Waals surface area contributed by atoms with E-state index in [2.05, 4.69) is 4.98 Å². The highest BCUT2D eigenvalue weighted by atomic mass is 35.5. The molecule has 0 saturated carbocycles. The molecule has 0 fully saturated rings. The maximum atomic E-state index is 13.4. The number of hydrogen-bond acceptors (Lipinski definition) is 9. The van der Waals surface area contributed by atoms with Gasteiger partial charge in [-0.05, 0) is 17.2 Å². The Labute approximate surface area is 214 Å². The quantitative estimate of drug-likeness (QED) is 0.225. The minimum absolute atomic E-state index is 0.0489. The largest absolute Gasteiger partial charge is 0.465 e. The van der Waals surface area contributed by atoms with Gasteiger partial charge in [-0.25, -0.2) is 13.4 Å². The molecule has 0 aliphatic heterocycles. The molecule has 0 atom stereocenters. The first-order chi connectivity index (χ1) is 17.3. The molecule has 0 bridgehead atoms.